The number of imidazole rings is 1. The lowest BCUT2D eigenvalue weighted by molar-refractivity contribution is -0.123. The Morgan fingerprint density at radius 3 is 2.85 bits per heavy atom. The molecule has 6 rings (SSSR count). The maximum Gasteiger partial charge on any atom is 0.407 e. The summed E-state index contributed by atoms with van der Waals surface area (Å²) in [4.78, 5) is 46.8. The van der Waals surface area contributed by atoms with E-state index in [-0.39, 0.29) is 30.1 Å². The molecule has 2 aliphatic rings. The van der Waals surface area contributed by atoms with Gasteiger partial charge < -0.3 is 21.1 Å². The smallest absolute Gasteiger partial charge is 0.407 e. The average molecular weight is 538 g/mol. The van der Waals surface area contributed by atoms with Crippen LogP contribution in [0.3, 0.4) is 0 Å². The number of anilines is 2. The van der Waals surface area contributed by atoms with Gasteiger partial charge in [-0.3, -0.25) is 13.9 Å². The van der Waals surface area contributed by atoms with Gasteiger partial charge in [0.15, 0.2) is 5.65 Å². The number of fused-ring (bicyclic) bond motifs is 2. The number of pyridine rings is 2. The third-order valence-electron chi connectivity index (χ3n) is 7.89. The monoisotopic (exact) mass is 537 g/mol. The van der Waals surface area contributed by atoms with Crippen molar-refractivity contribution in [3.63, 3.8) is 0 Å². The van der Waals surface area contributed by atoms with Crippen molar-refractivity contribution in [2.75, 3.05) is 12.4 Å². The molecule has 4 N–H and O–H groups in total. The lowest BCUT2D eigenvalue weighted by Gasteiger charge is -2.15. The van der Waals surface area contributed by atoms with Crippen LogP contribution in [0.25, 0.3) is 22.1 Å². The van der Waals surface area contributed by atoms with Gasteiger partial charge in [0, 0.05) is 34.6 Å². The fraction of sp³-hybridized carbons (Fsp3) is 0.462. The number of aromatic nitrogens is 6. The van der Waals surface area contributed by atoms with Crippen LogP contribution in [0.4, 0.5) is 16.4 Å². The zero-order chi connectivity index (χ0) is 30.9. The summed E-state index contributed by atoms with van der Waals surface area (Å²) >= 11 is 0. The summed E-state index contributed by atoms with van der Waals surface area (Å²) in [6.07, 6.45) is 4.18. The SMILES string of the molecule is [2H]C1(NC(=O)OC)CCC(n2c(=O)n(C([2H])([2H])[2H])c3cnc(Nc4ccc5cnn(C6(C(N)=O)CC6CC)c5n4)cc32)C1. The first-order chi connectivity index (χ1) is 20.3. The molecule has 4 atom stereocenters. The van der Waals surface area contributed by atoms with Crippen LogP contribution >= 0.6 is 0 Å². The van der Waals surface area contributed by atoms with Crippen molar-refractivity contribution < 1.29 is 19.8 Å². The van der Waals surface area contributed by atoms with E-state index >= 15 is 0 Å². The number of amides is 2. The highest BCUT2D eigenvalue weighted by molar-refractivity contribution is 5.89. The number of rotatable bonds is 7. The molecular weight excluding hydrogens is 502 g/mol. The first-order valence-corrected chi connectivity index (χ1v) is 12.7. The maximum absolute atomic E-state index is 13.5. The van der Waals surface area contributed by atoms with Gasteiger partial charge in [0.1, 0.15) is 17.2 Å². The summed E-state index contributed by atoms with van der Waals surface area (Å²) < 4.78 is 40.9. The normalized spacial score (nSPS) is 27.9. The Morgan fingerprint density at radius 1 is 1.28 bits per heavy atom. The Balaban J connectivity index is 1.38. The van der Waals surface area contributed by atoms with E-state index < -0.39 is 42.3 Å². The predicted molar refractivity (Wildman–Crippen MR) is 144 cm³/mol. The molecule has 2 aliphatic carbocycles. The van der Waals surface area contributed by atoms with Crippen LogP contribution < -0.4 is 22.1 Å². The van der Waals surface area contributed by atoms with Crippen LogP contribution in [-0.4, -0.2) is 54.0 Å². The molecule has 0 spiro atoms. The van der Waals surface area contributed by atoms with Gasteiger partial charge in [-0.15, -0.1) is 0 Å². The number of ether oxygens (including phenoxy) is 1. The predicted octanol–water partition coefficient (Wildman–Crippen LogP) is 2.28. The Morgan fingerprint density at radius 2 is 2.13 bits per heavy atom. The number of primary amides is 1. The van der Waals surface area contributed by atoms with Crippen LogP contribution in [-0.2, 0) is 22.0 Å². The molecular formula is C26H31N9O4. The van der Waals surface area contributed by atoms with Crippen LogP contribution in [0.2, 0.25) is 0 Å². The Bertz CT molecular complexity index is 1830. The highest BCUT2D eigenvalue weighted by Crippen LogP contribution is 2.52. The minimum Gasteiger partial charge on any atom is -0.453 e. The van der Waals surface area contributed by atoms with Crippen molar-refractivity contribution in [1.29, 1.82) is 0 Å². The van der Waals surface area contributed by atoms with Crippen molar-refractivity contribution >= 4 is 45.7 Å². The van der Waals surface area contributed by atoms with Gasteiger partial charge in [-0.2, -0.15) is 5.10 Å². The van der Waals surface area contributed by atoms with E-state index in [1.165, 1.54) is 17.9 Å². The van der Waals surface area contributed by atoms with Crippen molar-refractivity contribution in [3.05, 3.63) is 41.1 Å². The highest BCUT2D eigenvalue weighted by atomic mass is 16.5. The van der Waals surface area contributed by atoms with E-state index in [9.17, 15) is 14.4 Å². The van der Waals surface area contributed by atoms with Gasteiger partial charge >= 0.3 is 11.8 Å². The number of alkyl carbamates (subject to hydrolysis) is 1. The van der Waals surface area contributed by atoms with Gasteiger partial charge in [0.05, 0.1) is 31.9 Å². The molecule has 2 amide bonds. The molecule has 2 saturated carbocycles. The van der Waals surface area contributed by atoms with Crippen molar-refractivity contribution in [2.45, 2.75) is 56.6 Å². The molecule has 39 heavy (non-hydrogen) atoms. The van der Waals surface area contributed by atoms with Crippen LogP contribution in [0.15, 0.2) is 35.4 Å². The first-order valence-electron chi connectivity index (χ1n) is 14.7. The van der Waals surface area contributed by atoms with Gasteiger partial charge in [0.2, 0.25) is 5.91 Å². The van der Waals surface area contributed by atoms with Crippen LogP contribution in [0.5, 0.6) is 0 Å². The minimum absolute atomic E-state index is 0.0652. The molecule has 0 aromatic carbocycles. The number of nitrogens with one attached hydrogen (secondary N) is 2. The Kier molecular flexibility index (Phi) is 4.79. The van der Waals surface area contributed by atoms with Crippen LogP contribution in [0.1, 0.15) is 50.6 Å². The van der Waals surface area contributed by atoms with E-state index in [4.69, 9.17) is 11.2 Å². The van der Waals surface area contributed by atoms with E-state index in [2.05, 4.69) is 30.4 Å². The molecule has 0 saturated heterocycles. The Hall–Kier alpha value is -4.42. The standard InChI is InChI=1S/C26H31N9O4/c1-4-15-11-26(15,23(27)36)35-22-14(12-29-35)5-8-20(32-22)31-21-10-18-19(13-28-21)33(2)25(38)34(18)17-7-6-16(9-17)30-24(37)39-3/h5,8,10,12-13,15-17H,4,6-7,9,11H2,1-3H3,(H2,27,36)(H,30,37)(H,28,31,32)/i2D3,16D. The average Bonchev–Trinajstić information content (AvgIpc) is 3.16. The number of carbonyl (C=O) groups excluding carboxylic acids is 2. The summed E-state index contributed by atoms with van der Waals surface area (Å²) in [5.74, 6) is 0.272. The lowest BCUT2D eigenvalue weighted by Crippen LogP contribution is -2.37. The minimum atomic E-state index is -2.78. The van der Waals surface area contributed by atoms with E-state index in [0.29, 0.717) is 34.4 Å². The number of hydrogen-bond acceptors (Lipinski definition) is 8. The van der Waals surface area contributed by atoms with Crippen molar-refractivity contribution in [2.24, 2.45) is 18.6 Å². The third-order valence-corrected chi connectivity index (χ3v) is 7.89. The molecule has 4 heterocycles. The van der Waals surface area contributed by atoms with Gasteiger partial charge in [0.25, 0.3) is 0 Å². The summed E-state index contributed by atoms with van der Waals surface area (Å²) in [6, 6.07) is 3.11. The molecule has 4 aromatic rings. The molecule has 13 nitrogen and oxygen atoms in total. The number of nitrogens with zero attached hydrogens (tertiary/aromatic N) is 6. The summed E-state index contributed by atoms with van der Waals surface area (Å²) in [6.45, 7) is -0.785. The second kappa shape index (κ2) is 9.10. The topological polar surface area (TPSA) is 164 Å². The second-order valence-corrected chi connectivity index (χ2v) is 10.1. The fourth-order valence-electron chi connectivity index (χ4n) is 5.76. The number of hydrogen-bond donors (Lipinski definition) is 3. The first kappa shape index (κ1) is 20.5. The van der Waals surface area contributed by atoms with Gasteiger partial charge in [-0.05, 0) is 43.7 Å². The summed E-state index contributed by atoms with van der Waals surface area (Å²) in [5, 5.41) is 10.8. The molecule has 0 aliphatic heterocycles. The number of methoxy groups -OCH3 is 1. The number of aryl methyl sites for hydroxylation is 1. The fourth-order valence-corrected chi connectivity index (χ4v) is 5.76. The lowest BCUT2D eigenvalue weighted by atomic mass is 10.1. The molecule has 4 unspecified atom stereocenters. The maximum atomic E-state index is 13.5. The van der Waals surface area contributed by atoms with Crippen molar-refractivity contribution in [1.82, 2.24) is 34.2 Å². The summed E-state index contributed by atoms with van der Waals surface area (Å²) in [7, 11) is 1.20. The van der Waals surface area contributed by atoms with Crippen LogP contribution in [0, 0.1) is 5.92 Å². The van der Waals surface area contributed by atoms with E-state index in [0.717, 1.165) is 11.8 Å². The molecule has 13 heteroatoms. The van der Waals surface area contributed by atoms with E-state index in [1.54, 1.807) is 29.1 Å². The molecule has 204 valence electrons. The van der Waals surface area contributed by atoms with Gasteiger partial charge in [-0.1, -0.05) is 13.3 Å². The van der Waals surface area contributed by atoms with Crippen molar-refractivity contribution in [3.8, 4) is 0 Å². The second-order valence-electron chi connectivity index (χ2n) is 10.1. The molecule has 0 radical (unpaired) electrons. The zero-order valence-electron chi connectivity index (χ0n) is 25.5. The van der Waals surface area contributed by atoms with Gasteiger partial charge in [-0.25, -0.2) is 24.2 Å². The largest absolute Gasteiger partial charge is 0.453 e. The number of nitrogens with two attached hydrogens (primary N) is 1. The third kappa shape index (κ3) is 3.91. The molecule has 2 fully saturated rings. The quantitative estimate of drug-likeness (QED) is 0.323. The molecule has 4 aromatic heterocycles. The highest BCUT2D eigenvalue weighted by Gasteiger charge is 2.61. The number of carbonyl (C=O) groups is 2. The zero-order valence-corrected chi connectivity index (χ0v) is 21.5. The Labute approximate surface area is 229 Å². The summed E-state index contributed by atoms with van der Waals surface area (Å²) in [5.41, 5.74) is 4.97. The van der Waals surface area contributed by atoms with E-state index in [1.807, 2.05) is 6.92 Å². The molecule has 0 bridgehead atoms.